The summed E-state index contributed by atoms with van der Waals surface area (Å²) in [5.74, 6) is -0.956. The summed E-state index contributed by atoms with van der Waals surface area (Å²) in [6.45, 7) is 5.12. The van der Waals surface area contributed by atoms with Crippen LogP contribution in [0.25, 0.3) is 0 Å². The van der Waals surface area contributed by atoms with Crippen LogP contribution in [0.3, 0.4) is 0 Å². The van der Waals surface area contributed by atoms with Gasteiger partial charge in [0.2, 0.25) is 0 Å². The predicted molar refractivity (Wildman–Crippen MR) is 81.2 cm³/mol. The Bertz CT molecular complexity index is 673. The van der Waals surface area contributed by atoms with Crippen molar-refractivity contribution in [3.8, 4) is 6.07 Å². The van der Waals surface area contributed by atoms with Crippen LogP contribution in [0.1, 0.15) is 44.2 Å². The van der Waals surface area contributed by atoms with E-state index < -0.39 is 17.5 Å². The molecule has 0 bridgehead atoms. The highest BCUT2D eigenvalue weighted by Crippen LogP contribution is 2.48. The lowest BCUT2D eigenvalue weighted by Gasteiger charge is -2.19. The van der Waals surface area contributed by atoms with Crippen molar-refractivity contribution in [2.75, 3.05) is 6.54 Å². The molecule has 1 aromatic carbocycles. The number of nitrogens with zero attached hydrogens (tertiary/aromatic N) is 1. The quantitative estimate of drug-likeness (QED) is 0.925. The van der Waals surface area contributed by atoms with Gasteiger partial charge in [0.15, 0.2) is 5.78 Å². The molecule has 2 rings (SSSR count). The largest absolute Gasteiger partial charge is 0.444 e. The molecule has 122 valence electrons. The fraction of sp³-hybridized carbons (Fsp3) is 0.471. The van der Waals surface area contributed by atoms with Crippen LogP contribution in [0.5, 0.6) is 0 Å². The van der Waals surface area contributed by atoms with Gasteiger partial charge >= 0.3 is 6.09 Å². The number of nitrogens with one attached hydrogen (secondary N) is 1. The molecule has 0 spiro atoms. The van der Waals surface area contributed by atoms with Gasteiger partial charge in [-0.2, -0.15) is 5.26 Å². The van der Waals surface area contributed by atoms with E-state index in [4.69, 9.17) is 10.00 Å². The first-order chi connectivity index (χ1) is 10.7. The SMILES string of the molecule is CC(C)(C)OC(=O)NCC(=O)C1CC1c1ccc(C#N)c(F)c1. The van der Waals surface area contributed by atoms with Crippen LogP contribution in [-0.2, 0) is 9.53 Å². The molecule has 1 saturated carbocycles. The second kappa shape index (κ2) is 6.37. The minimum atomic E-state index is -0.632. The van der Waals surface area contributed by atoms with Crippen molar-refractivity contribution in [3.63, 3.8) is 0 Å². The lowest BCUT2D eigenvalue weighted by molar-refractivity contribution is -0.119. The Kier molecular flexibility index (Phi) is 4.69. The number of rotatable bonds is 4. The Labute approximate surface area is 134 Å². The van der Waals surface area contributed by atoms with Gasteiger partial charge in [0, 0.05) is 5.92 Å². The Morgan fingerprint density at radius 3 is 2.70 bits per heavy atom. The Morgan fingerprint density at radius 2 is 2.13 bits per heavy atom. The normalized spacial score (nSPS) is 19.6. The van der Waals surface area contributed by atoms with Gasteiger partial charge in [-0.15, -0.1) is 0 Å². The molecule has 1 N–H and O–H groups in total. The number of Topliss-reactive ketones (excluding diaryl/α,β-unsaturated/α-hetero) is 1. The third-order valence-electron chi connectivity index (χ3n) is 3.55. The number of halogens is 1. The Hall–Kier alpha value is -2.42. The molecule has 1 aliphatic carbocycles. The average Bonchev–Trinajstić information content (AvgIpc) is 3.23. The fourth-order valence-corrected chi connectivity index (χ4v) is 2.38. The smallest absolute Gasteiger partial charge is 0.408 e. The van der Waals surface area contributed by atoms with E-state index in [9.17, 15) is 14.0 Å². The van der Waals surface area contributed by atoms with Gasteiger partial charge < -0.3 is 10.1 Å². The van der Waals surface area contributed by atoms with Gasteiger partial charge in [-0.25, -0.2) is 9.18 Å². The highest BCUT2D eigenvalue weighted by Gasteiger charge is 2.43. The number of ether oxygens (including phenoxy) is 1. The topological polar surface area (TPSA) is 79.2 Å². The first-order valence-corrected chi connectivity index (χ1v) is 7.40. The summed E-state index contributed by atoms with van der Waals surface area (Å²) in [5.41, 5.74) is 0.0795. The molecule has 0 aliphatic heterocycles. The minimum absolute atomic E-state index is 0.0103. The van der Waals surface area contributed by atoms with Crippen LogP contribution >= 0.6 is 0 Å². The fourth-order valence-electron chi connectivity index (χ4n) is 2.38. The van der Waals surface area contributed by atoms with E-state index in [-0.39, 0.29) is 29.7 Å². The number of carbonyl (C=O) groups excluding carboxylic acids is 2. The molecule has 0 saturated heterocycles. The van der Waals surface area contributed by atoms with Gasteiger partial charge in [0.25, 0.3) is 0 Å². The molecule has 23 heavy (non-hydrogen) atoms. The second-order valence-electron chi connectivity index (χ2n) is 6.62. The molecule has 5 nitrogen and oxygen atoms in total. The van der Waals surface area contributed by atoms with Crippen molar-refractivity contribution in [1.29, 1.82) is 5.26 Å². The number of benzene rings is 1. The summed E-state index contributed by atoms with van der Waals surface area (Å²) in [4.78, 5) is 23.6. The van der Waals surface area contributed by atoms with Crippen LogP contribution in [0.2, 0.25) is 0 Å². The standard InChI is InChI=1S/C17H19FN2O3/c1-17(2,3)23-16(22)20-9-15(21)13-7-12(13)10-4-5-11(8-19)14(18)6-10/h4-6,12-13H,7,9H2,1-3H3,(H,20,22). The van der Waals surface area contributed by atoms with E-state index in [0.717, 1.165) is 0 Å². The summed E-state index contributed by atoms with van der Waals surface area (Å²) in [5, 5.41) is 11.1. The number of carbonyl (C=O) groups is 2. The number of amides is 1. The average molecular weight is 318 g/mol. The monoisotopic (exact) mass is 318 g/mol. The van der Waals surface area contributed by atoms with Crippen LogP contribution in [0.15, 0.2) is 18.2 Å². The van der Waals surface area contributed by atoms with Gasteiger partial charge in [-0.3, -0.25) is 4.79 Å². The highest BCUT2D eigenvalue weighted by molar-refractivity contribution is 5.89. The van der Waals surface area contributed by atoms with Crippen LogP contribution in [-0.4, -0.2) is 24.0 Å². The maximum Gasteiger partial charge on any atom is 0.408 e. The lowest BCUT2D eigenvalue weighted by Crippen LogP contribution is -2.36. The number of nitriles is 1. The number of hydrogen-bond acceptors (Lipinski definition) is 4. The number of ketones is 1. The molecule has 0 aromatic heterocycles. The third kappa shape index (κ3) is 4.52. The van der Waals surface area contributed by atoms with Gasteiger partial charge in [-0.05, 0) is 50.8 Å². The zero-order valence-electron chi connectivity index (χ0n) is 13.4. The molecule has 1 amide bonds. The zero-order valence-corrected chi connectivity index (χ0v) is 13.4. The molecule has 0 heterocycles. The predicted octanol–water partition coefficient (Wildman–Crippen LogP) is 2.89. The maximum absolute atomic E-state index is 13.6. The first-order valence-electron chi connectivity index (χ1n) is 7.40. The van der Waals surface area contributed by atoms with Crippen molar-refractivity contribution in [2.24, 2.45) is 5.92 Å². The molecule has 1 fully saturated rings. The molecular formula is C17H19FN2O3. The van der Waals surface area contributed by atoms with E-state index >= 15 is 0 Å². The van der Waals surface area contributed by atoms with Crippen molar-refractivity contribution >= 4 is 11.9 Å². The first kappa shape index (κ1) is 16.9. The van der Waals surface area contributed by atoms with Crippen molar-refractivity contribution < 1.29 is 18.7 Å². The van der Waals surface area contributed by atoms with E-state index in [1.54, 1.807) is 32.9 Å². The molecule has 2 atom stereocenters. The third-order valence-corrected chi connectivity index (χ3v) is 3.55. The van der Waals surface area contributed by atoms with Crippen molar-refractivity contribution in [1.82, 2.24) is 5.32 Å². The van der Waals surface area contributed by atoms with E-state index in [2.05, 4.69) is 5.32 Å². The molecule has 1 aliphatic rings. The molecular weight excluding hydrogens is 299 g/mol. The van der Waals surface area contributed by atoms with Crippen LogP contribution in [0, 0.1) is 23.1 Å². The lowest BCUT2D eigenvalue weighted by atomic mass is 10.1. The van der Waals surface area contributed by atoms with Crippen LogP contribution < -0.4 is 5.32 Å². The van der Waals surface area contributed by atoms with Crippen molar-refractivity contribution in [2.45, 2.75) is 38.7 Å². The van der Waals surface area contributed by atoms with Crippen molar-refractivity contribution in [3.05, 3.63) is 35.1 Å². The maximum atomic E-state index is 13.6. The summed E-state index contributed by atoms with van der Waals surface area (Å²) in [6.07, 6.45) is -0.00680. The van der Waals surface area contributed by atoms with E-state index in [0.29, 0.717) is 12.0 Å². The Balaban J connectivity index is 1.86. The number of hydrogen-bond donors (Lipinski definition) is 1. The molecule has 1 aromatic rings. The second-order valence-corrected chi connectivity index (χ2v) is 6.62. The summed E-state index contributed by atoms with van der Waals surface area (Å²) in [7, 11) is 0. The van der Waals surface area contributed by atoms with E-state index in [1.165, 1.54) is 12.1 Å². The minimum Gasteiger partial charge on any atom is -0.444 e. The summed E-state index contributed by atoms with van der Waals surface area (Å²) >= 11 is 0. The van der Waals surface area contributed by atoms with Gasteiger partial charge in [-0.1, -0.05) is 6.07 Å². The van der Waals surface area contributed by atoms with E-state index in [1.807, 2.05) is 0 Å². The van der Waals surface area contributed by atoms with Gasteiger partial charge in [0.05, 0.1) is 12.1 Å². The molecule has 2 unspecified atom stereocenters. The Morgan fingerprint density at radius 1 is 1.43 bits per heavy atom. The zero-order chi connectivity index (χ0) is 17.2. The van der Waals surface area contributed by atoms with Crippen LogP contribution in [0.4, 0.5) is 9.18 Å². The molecule has 6 heteroatoms. The highest BCUT2D eigenvalue weighted by atomic mass is 19.1. The number of alkyl carbamates (subject to hydrolysis) is 1. The summed E-state index contributed by atoms with van der Waals surface area (Å²) in [6, 6.07) is 6.15. The molecule has 0 radical (unpaired) electrons. The van der Waals surface area contributed by atoms with Gasteiger partial charge in [0.1, 0.15) is 17.5 Å². The summed E-state index contributed by atoms with van der Waals surface area (Å²) < 4.78 is 18.7.